The topological polar surface area (TPSA) is 66.8 Å². The van der Waals surface area contributed by atoms with Gasteiger partial charge in [0.2, 0.25) is 0 Å². The van der Waals surface area contributed by atoms with Gasteiger partial charge in [-0.15, -0.1) is 11.8 Å². The molecule has 5 heteroatoms. The molecule has 0 heterocycles. The number of rotatable bonds is 13. The number of aliphatic hydroxyl groups excluding tert-OH is 1. The maximum absolute atomic E-state index is 11.2. The zero-order chi connectivity index (χ0) is 22.0. The number of aryl methyl sites for hydroxylation is 1. The predicted molar refractivity (Wildman–Crippen MR) is 124 cm³/mol. The van der Waals surface area contributed by atoms with E-state index in [-0.39, 0.29) is 12.1 Å². The number of aliphatic hydroxyl groups is 2. The number of unbranched alkanes of at least 4 members (excludes halogenated alkanes) is 3. The van der Waals surface area contributed by atoms with Gasteiger partial charge in [-0.3, -0.25) is 4.79 Å². The van der Waals surface area contributed by atoms with E-state index in [9.17, 15) is 15.0 Å². The molecule has 0 aromatic heterocycles. The fraction of sp³-hybridized carbons (Fsp3) is 0.720. The summed E-state index contributed by atoms with van der Waals surface area (Å²) in [5.41, 5.74) is 0.518. The molecule has 1 aliphatic rings. The minimum Gasteiger partial charge on any atom is -0.469 e. The third kappa shape index (κ3) is 8.60. The Bertz CT molecular complexity index is 646. The standard InChI is InChI=1S/C25H40O4S/c1-19-10-8-9-12-23(19)30-18-25(2,28)17-16-21-20(14-15-22(21)26)11-6-4-5-7-13-24(27)29-3/h8-10,12,20-22,26,28H,4-7,11,13-18H2,1-3H3/t20?,21?,22-,25?/m1/s1. The monoisotopic (exact) mass is 436 g/mol. The Morgan fingerprint density at radius 3 is 2.63 bits per heavy atom. The van der Waals surface area contributed by atoms with E-state index >= 15 is 0 Å². The number of thioether (sulfide) groups is 1. The summed E-state index contributed by atoms with van der Waals surface area (Å²) < 4.78 is 4.68. The Kier molecular flexibility index (Phi) is 10.7. The Balaban J connectivity index is 1.71. The molecule has 2 rings (SSSR count). The summed E-state index contributed by atoms with van der Waals surface area (Å²) in [6.07, 6.45) is 9.23. The minimum atomic E-state index is -0.728. The van der Waals surface area contributed by atoms with Crippen LogP contribution in [0.5, 0.6) is 0 Å². The molecule has 4 nitrogen and oxygen atoms in total. The average Bonchev–Trinajstić information content (AvgIpc) is 3.07. The molecule has 30 heavy (non-hydrogen) atoms. The second-order valence-electron chi connectivity index (χ2n) is 9.19. The highest BCUT2D eigenvalue weighted by Gasteiger charge is 2.35. The maximum atomic E-state index is 11.2. The van der Waals surface area contributed by atoms with Crippen LogP contribution in [0.3, 0.4) is 0 Å². The van der Waals surface area contributed by atoms with E-state index in [1.807, 2.05) is 19.1 Å². The smallest absolute Gasteiger partial charge is 0.305 e. The van der Waals surface area contributed by atoms with Gasteiger partial charge in [-0.05, 0) is 69.4 Å². The Morgan fingerprint density at radius 2 is 1.90 bits per heavy atom. The average molecular weight is 437 g/mol. The van der Waals surface area contributed by atoms with Gasteiger partial charge in [-0.25, -0.2) is 0 Å². The molecule has 0 bridgehead atoms. The lowest BCUT2D eigenvalue weighted by Gasteiger charge is -2.28. The van der Waals surface area contributed by atoms with E-state index in [1.54, 1.807) is 11.8 Å². The minimum absolute atomic E-state index is 0.124. The van der Waals surface area contributed by atoms with E-state index < -0.39 is 5.60 Å². The molecule has 1 fully saturated rings. The lowest BCUT2D eigenvalue weighted by atomic mass is 9.84. The molecule has 2 N–H and O–H groups in total. The lowest BCUT2D eigenvalue weighted by Crippen LogP contribution is -2.30. The van der Waals surface area contributed by atoms with Gasteiger partial charge in [0.1, 0.15) is 0 Å². The highest BCUT2D eigenvalue weighted by atomic mass is 32.2. The van der Waals surface area contributed by atoms with Gasteiger partial charge >= 0.3 is 5.97 Å². The SMILES string of the molecule is COC(=O)CCCCCCC1CC[C@@H](O)C1CCC(C)(O)CSc1ccccc1C. The lowest BCUT2D eigenvalue weighted by molar-refractivity contribution is -0.140. The fourth-order valence-electron chi connectivity index (χ4n) is 4.55. The maximum Gasteiger partial charge on any atom is 0.305 e. The van der Waals surface area contributed by atoms with Crippen LogP contribution in [-0.4, -0.2) is 40.8 Å². The molecule has 1 aliphatic carbocycles. The molecule has 1 aromatic carbocycles. The van der Waals surface area contributed by atoms with E-state index in [0.717, 1.165) is 57.8 Å². The normalized spacial score (nSPS) is 23.3. The number of benzene rings is 1. The number of hydrogen-bond acceptors (Lipinski definition) is 5. The van der Waals surface area contributed by atoms with Crippen LogP contribution in [-0.2, 0) is 9.53 Å². The summed E-state index contributed by atoms with van der Waals surface area (Å²) in [4.78, 5) is 12.4. The number of carbonyl (C=O) groups excluding carboxylic acids is 1. The zero-order valence-corrected chi connectivity index (χ0v) is 19.8. The van der Waals surface area contributed by atoms with Crippen LogP contribution >= 0.6 is 11.8 Å². The first-order valence-electron chi connectivity index (χ1n) is 11.5. The van der Waals surface area contributed by atoms with Crippen LogP contribution < -0.4 is 0 Å². The van der Waals surface area contributed by atoms with Crippen molar-refractivity contribution in [3.63, 3.8) is 0 Å². The molecular formula is C25H40O4S. The number of carbonyl (C=O) groups is 1. The summed E-state index contributed by atoms with van der Waals surface area (Å²) >= 11 is 1.72. The van der Waals surface area contributed by atoms with E-state index in [0.29, 0.717) is 24.0 Å². The summed E-state index contributed by atoms with van der Waals surface area (Å²) in [6.45, 7) is 4.03. The predicted octanol–water partition coefficient (Wildman–Crippen LogP) is 5.52. The number of ether oxygens (including phenoxy) is 1. The van der Waals surface area contributed by atoms with Gasteiger partial charge in [-0.1, -0.05) is 43.9 Å². The van der Waals surface area contributed by atoms with Crippen LogP contribution in [0.2, 0.25) is 0 Å². The molecule has 170 valence electrons. The van der Waals surface area contributed by atoms with Crippen molar-refractivity contribution in [1.29, 1.82) is 0 Å². The molecule has 4 atom stereocenters. The molecule has 3 unspecified atom stereocenters. The summed E-state index contributed by atoms with van der Waals surface area (Å²) in [5, 5.41) is 21.4. The van der Waals surface area contributed by atoms with E-state index in [2.05, 4.69) is 23.8 Å². The Hall–Kier alpha value is -1.04. The molecule has 0 saturated heterocycles. The Labute approximate surface area is 186 Å². The van der Waals surface area contributed by atoms with Crippen LogP contribution in [0, 0.1) is 18.8 Å². The quantitative estimate of drug-likeness (QED) is 0.242. The van der Waals surface area contributed by atoms with Crippen molar-refractivity contribution in [2.75, 3.05) is 12.9 Å². The highest BCUT2D eigenvalue weighted by Crippen LogP contribution is 2.40. The first-order valence-corrected chi connectivity index (χ1v) is 12.5. The summed E-state index contributed by atoms with van der Waals surface area (Å²) in [5.74, 6) is 1.41. The molecule has 1 saturated carbocycles. The fourth-order valence-corrected chi connectivity index (χ4v) is 5.63. The third-order valence-corrected chi connectivity index (χ3v) is 8.05. The van der Waals surface area contributed by atoms with Crippen molar-refractivity contribution in [3.8, 4) is 0 Å². The van der Waals surface area contributed by atoms with Crippen molar-refractivity contribution in [1.82, 2.24) is 0 Å². The van der Waals surface area contributed by atoms with Crippen molar-refractivity contribution < 1.29 is 19.7 Å². The third-order valence-electron chi connectivity index (χ3n) is 6.51. The van der Waals surface area contributed by atoms with Crippen LogP contribution in [0.15, 0.2) is 29.2 Å². The van der Waals surface area contributed by atoms with Gasteiger partial charge in [0.25, 0.3) is 0 Å². The first kappa shape index (κ1) is 25.2. The largest absolute Gasteiger partial charge is 0.469 e. The molecular weight excluding hydrogens is 396 g/mol. The van der Waals surface area contributed by atoms with Crippen molar-refractivity contribution in [3.05, 3.63) is 29.8 Å². The number of esters is 1. The molecule has 0 aliphatic heterocycles. The van der Waals surface area contributed by atoms with Gasteiger partial charge in [-0.2, -0.15) is 0 Å². The molecule has 1 aromatic rings. The van der Waals surface area contributed by atoms with Crippen LogP contribution in [0.4, 0.5) is 0 Å². The van der Waals surface area contributed by atoms with E-state index in [4.69, 9.17) is 0 Å². The van der Waals surface area contributed by atoms with Gasteiger partial charge in [0, 0.05) is 17.1 Å². The van der Waals surface area contributed by atoms with Gasteiger partial charge in [0.05, 0.1) is 18.8 Å². The van der Waals surface area contributed by atoms with Gasteiger partial charge < -0.3 is 14.9 Å². The number of methoxy groups -OCH3 is 1. The first-order chi connectivity index (χ1) is 14.3. The molecule has 0 spiro atoms. The zero-order valence-electron chi connectivity index (χ0n) is 18.9. The van der Waals surface area contributed by atoms with Crippen molar-refractivity contribution in [2.24, 2.45) is 11.8 Å². The Morgan fingerprint density at radius 1 is 1.17 bits per heavy atom. The molecule has 0 amide bonds. The van der Waals surface area contributed by atoms with E-state index in [1.165, 1.54) is 17.6 Å². The second kappa shape index (κ2) is 12.7. The van der Waals surface area contributed by atoms with Crippen LogP contribution in [0.25, 0.3) is 0 Å². The summed E-state index contributed by atoms with van der Waals surface area (Å²) in [7, 11) is 1.44. The van der Waals surface area contributed by atoms with Gasteiger partial charge in [0.15, 0.2) is 0 Å². The van der Waals surface area contributed by atoms with Crippen LogP contribution in [0.1, 0.15) is 76.7 Å². The second-order valence-corrected chi connectivity index (χ2v) is 10.2. The van der Waals surface area contributed by atoms with Crippen molar-refractivity contribution >= 4 is 17.7 Å². The molecule has 0 radical (unpaired) electrons. The highest BCUT2D eigenvalue weighted by molar-refractivity contribution is 7.99. The summed E-state index contributed by atoms with van der Waals surface area (Å²) in [6, 6.07) is 8.29. The number of hydrogen-bond donors (Lipinski definition) is 2. The van der Waals surface area contributed by atoms with Crippen molar-refractivity contribution in [2.45, 2.75) is 94.7 Å².